The number of hydrogen-bond donors (Lipinski definition) is 1. The molecule has 1 aliphatic heterocycles. The van der Waals surface area contributed by atoms with E-state index in [0.29, 0.717) is 24.5 Å². The Bertz CT molecular complexity index is 867. The number of methoxy groups -OCH3 is 1. The predicted octanol–water partition coefficient (Wildman–Crippen LogP) is 2.14. The van der Waals surface area contributed by atoms with Crippen LogP contribution in [0, 0.1) is 5.92 Å². The van der Waals surface area contributed by atoms with Gasteiger partial charge >= 0.3 is 0 Å². The summed E-state index contributed by atoms with van der Waals surface area (Å²) in [7, 11) is 1.52. The van der Waals surface area contributed by atoms with Crippen LogP contribution in [0.5, 0.6) is 5.88 Å². The Hall–Kier alpha value is -2.89. The summed E-state index contributed by atoms with van der Waals surface area (Å²) < 4.78 is 5.11. The Morgan fingerprint density at radius 1 is 1.19 bits per heavy atom. The van der Waals surface area contributed by atoms with Crippen LogP contribution in [0.4, 0.5) is 0 Å². The molecule has 0 unspecified atom stereocenters. The fourth-order valence-electron chi connectivity index (χ4n) is 4.19. The van der Waals surface area contributed by atoms with Gasteiger partial charge in [0.2, 0.25) is 11.8 Å². The highest BCUT2D eigenvalue weighted by Gasteiger charge is 2.47. The predicted molar refractivity (Wildman–Crippen MR) is 95.9 cm³/mol. The van der Waals surface area contributed by atoms with E-state index in [-0.39, 0.29) is 29.7 Å². The van der Waals surface area contributed by atoms with Crippen LogP contribution in [-0.2, 0) is 4.79 Å². The normalized spacial score (nSPS) is 23.3. The molecule has 26 heavy (non-hydrogen) atoms. The van der Waals surface area contributed by atoms with Gasteiger partial charge in [0.1, 0.15) is 0 Å². The van der Waals surface area contributed by atoms with Gasteiger partial charge in [0.15, 0.2) is 0 Å². The van der Waals surface area contributed by atoms with Crippen molar-refractivity contribution in [2.75, 3.05) is 20.2 Å². The first-order valence-electron chi connectivity index (χ1n) is 8.73. The fourth-order valence-corrected chi connectivity index (χ4v) is 4.19. The molecule has 1 aromatic carbocycles. The van der Waals surface area contributed by atoms with E-state index in [2.05, 4.69) is 22.4 Å². The average molecular weight is 351 g/mol. The third-order valence-electron chi connectivity index (χ3n) is 5.46. The SMILES string of the molecule is COc1cc(C(=O)N[C@@H]2c3ccccc3[C@@H]3CN(C(C)=O)C[C@H]23)ccn1. The second kappa shape index (κ2) is 6.44. The molecule has 2 aromatic rings. The topological polar surface area (TPSA) is 71.5 Å². The molecule has 134 valence electrons. The molecule has 1 aliphatic carbocycles. The molecule has 6 nitrogen and oxygen atoms in total. The molecule has 1 N–H and O–H groups in total. The number of likely N-dealkylation sites (tertiary alicyclic amines) is 1. The van der Waals surface area contributed by atoms with Gasteiger partial charge in [-0.25, -0.2) is 4.98 Å². The summed E-state index contributed by atoms with van der Waals surface area (Å²) in [6.07, 6.45) is 1.56. The van der Waals surface area contributed by atoms with Crippen molar-refractivity contribution in [3.63, 3.8) is 0 Å². The first-order valence-corrected chi connectivity index (χ1v) is 8.73. The second-order valence-electron chi connectivity index (χ2n) is 6.86. The number of carbonyl (C=O) groups is 2. The average Bonchev–Trinajstić information content (AvgIpc) is 3.21. The molecule has 0 bridgehead atoms. The molecular formula is C20H21N3O3. The van der Waals surface area contributed by atoms with Crippen molar-refractivity contribution >= 4 is 11.8 Å². The van der Waals surface area contributed by atoms with E-state index in [1.807, 2.05) is 17.0 Å². The zero-order chi connectivity index (χ0) is 18.3. The van der Waals surface area contributed by atoms with E-state index in [0.717, 1.165) is 5.56 Å². The summed E-state index contributed by atoms with van der Waals surface area (Å²) in [5, 5.41) is 3.17. The van der Waals surface area contributed by atoms with Crippen LogP contribution in [-0.4, -0.2) is 41.9 Å². The van der Waals surface area contributed by atoms with Crippen LogP contribution >= 0.6 is 0 Å². The molecule has 0 radical (unpaired) electrons. The molecule has 0 spiro atoms. The van der Waals surface area contributed by atoms with Crippen LogP contribution in [0.1, 0.15) is 40.4 Å². The molecule has 1 aromatic heterocycles. The van der Waals surface area contributed by atoms with Crippen molar-refractivity contribution in [3.8, 4) is 5.88 Å². The summed E-state index contributed by atoms with van der Waals surface area (Å²) in [4.78, 5) is 30.6. The molecular weight excluding hydrogens is 330 g/mol. The number of pyridine rings is 1. The maximum Gasteiger partial charge on any atom is 0.252 e. The van der Waals surface area contributed by atoms with Crippen molar-refractivity contribution in [1.29, 1.82) is 0 Å². The lowest BCUT2D eigenvalue weighted by Crippen LogP contribution is -2.34. The number of carbonyl (C=O) groups excluding carboxylic acids is 2. The van der Waals surface area contributed by atoms with Crippen molar-refractivity contribution < 1.29 is 14.3 Å². The van der Waals surface area contributed by atoms with E-state index in [1.54, 1.807) is 25.3 Å². The minimum atomic E-state index is -0.160. The third-order valence-corrected chi connectivity index (χ3v) is 5.46. The number of hydrogen-bond acceptors (Lipinski definition) is 4. The van der Waals surface area contributed by atoms with Crippen LogP contribution in [0.2, 0.25) is 0 Å². The van der Waals surface area contributed by atoms with Crippen LogP contribution < -0.4 is 10.1 Å². The van der Waals surface area contributed by atoms with Gasteiger partial charge in [0, 0.05) is 49.7 Å². The van der Waals surface area contributed by atoms with E-state index >= 15 is 0 Å². The van der Waals surface area contributed by atoms with Crippen LogP contribution in [0.25, 0.3) is 0 Å². The first kappa shape index (κ1) is 16.6. The molecule has 0 saturated carbocycles. The number of fused-ring (bicyclic) bond motifs is 3. The molecule has 1 fully saturated rings. The molecule has 2 amide bonds. The quantitative estimate of drug-likeness (QED) is 0.920. The Morgan fingerprint density at radius 3 is 2.69 bits per heavy atom. The van der Waals surface area contributed by atoms with E-state index in [1.165, 1.54) is 12.7 Å². The Morgan fingerprint density at radius 2 is 1.96 bits per heavy atom. The monoisotopic (exact) mass is 351 g/mol. The zero-order valence-corrected chi connectivity index (χ0v) is 14.8. The maximum absolute atomic E-state index is 12.8. The van der Waals surface area contributed by atoms with Crippen LogP contribution in [0.3, 0.4) is 0 Å². The van der Waals surface area contributed by atoms with Gasteiger partial charge in [-0.1, -0.05) is 24.3 Å². The van der Waals surface area contributed by atoms with Gasteiger partial charge in [0.25, 0.3) is 5.91 Å². The summed E-state index contributed by atoms with van der Waals surface area (Å²) in [5.74, 6) is 0.801. The minimum absolute atomic E-state index is 0.0841. The second-order valence-corrected chi connectivity index (χ2v) is 6.86. The standard InChI is InChI=1S/C20H21N3O3/c1-12(24)23-10-16-14-5-3-4-6-15(14)19(17(16)11-23)22-20(25)13-7-8-21-18(9-13)26-2/h3-9,16-17,19H,10-11H2,1-2H3,(H,22,25)/t16-,17-,19+/m0/s1. The summed E-state index contributed by atoms with van der Waals surface area (Å²) in [6.45, 7) is 2.98. The lowest BCUT2D eigenvalue weighted by Gasteiger charge is -2.22. The minimum Gasteiger partial charge on any atom is -0.481 e. The summed E-state index contributed by atoms with van der Waals surface area (Å²) >= 11 is 0. The Kier molecular flexibility index (Phi) is 4.11. The number of nitrogens with zero attached hydrogens (tertiary/aromatic N) is 2. The Balaban J connectivity index is 1.62. The highest BCUT2D eigenvalue weighted by molar-refractivity contribution is 5.94. The molecule has 2 heterocycles. The van der Waals surface area contributed by atoms with Crippen molar-refractivity contribution in [1.82, 2.24) is 15.2 Å². The largest absolute Gasteiger partial charge is 0.481 e. The number of rotatable bonds is 3. The molecule has 2 aliphatic rings. The Labute approximate surface area is 152 Å². The number of aromatic nitrogens is 1. The highest BCUT2D eigenvalue weighted by atomic mass is 16.5. The molecule has 6 heteroatoms. The lowest BCUT2D eigenvalue weighted by molar-refractivity contribution is -0.128. The van der Waals surface area contributed by atoms with Gasteiger partial charge in [-0.05, 0) is 17.2 Å². The van der Waals surface area contributed by atoms with E-state index in [9.17, 15) is 9.59 Å². The van der Waals surface area contributed by atoms with E-state index < -0.39 is 0 Å². The number of amides is 2. The number of benzene rings is 1. The summed E-state index contributed by atoms with van der Waals surface area (Å²) in [6, 6.07) is 11.4. The first-order chi connectivity index (χ1) is 12.6. The zero-order valence-electron chi connectivity index (χ0n) is 14.8. The van der Waals surface area contributed by atoms with Crippen LogP contribution in [0.15, 0.2) is 42.6 Å². The van der Waals surface area contributed by atoms with Crippen molar-refractivity contribution in [2.24, 2.45) is 5.92 Å². The highest BCUT2D eigenvalue weighted by Crippen LogP contribution is 2.49. The summed E-state index contributed by atoms with van der Waals surface area (Å²) in [5.41, 5.74) is 2.90. The number of nitrogens with one attached hydrogen (secondary N) is 1. The van der Waals surface area contributed by atoms with Crippen molar-refractivity contribution in [3.05, 3.63) is 59.3 Å². The van der Waals surface area contributed by atoms with Gasteiger partial charge in [-0.2, -0.15) is 0 Å². The van der Waals surface area contributed by atoms with Gasteiger partial charge in [0.05, 0.1) is 13.2 Å². The van der Waals surface area contributed by atoms with Gasteiger partial charge < -0.3 is 15.0 Å². The van der Waals surface area contributed by atoms with Gasteiger partial charge in [-0.15, -0.1) is 0 Å². The molecule has 3 atom stereocenters. The number of ether oxygens (including phenoxy) is 1. The maximum atomic E-state index is 12.8. The van der Waals surface area contributed by atoms with Gasteiger partial charge in [-0.3, -0.25) is 9.59 Å². The molecule has 4 rings (SSSR count). The fraction of sp³-hybridized carbons (Fsp3) is 0.350. The lowest BCUT2D eigenvalue weighted by atomic mass is 9.94. The molecule has 1 saturated heterocycles. The van der Waals surface area contributed by atoms with E-state index in [4.69, 9.17) is 4.74 Å². The smallest absolute Gasteiger partial charge is 0.252 e. The third kappa shape index (κ3) is 2.71. The van der Waals surface area contributed by atoms with Crippen molar-refractivity contribution in [2.45, 2.75) is 18.9 Å².